The molecule has 6 heteroatoms. The van der Waals surface area contributed by atoms with Crippen LogP contribution in [0.15, 0.2) is 47.7 Å². The number of aryl methyl sites for hydroxylation is 2. The van der Waals surface area contributed by atoms with Gasteiger partial charge in [-0.3, -0.25) is 0 Å². The highest BCUT2D eigenvalue weighted by Crippen LogP contribution is 2.05. The molecule has 2 rings (SSSR count). The second kappa shape index (κ2) is 11.0. The van der Waals surface area contributed by atoms with Crippen LogP contribution in [0.1, 0.15) is 31.2 Å². The predicted octanol–water partition coefficient (Wildman–Crippen LogP) is 2.95. The lowest BCUT2D eigenvalue weighted by Crippen LogP contribution is -2.32. The zero-order valence-corrected chi connectivity index (χ0v) is 15.9. The van der Waals surface area contributed by atoms with E-state index in [-0.39, 0.29) is 24.0 Å². The average molecular weight is 427 g/mol. The Bertz CT molecular complexity index is 580. The molecule has 0 fully saturated rings. The monoisotopic (exact) mass is 427 g/mol. The van der Waals surface area contributed by atoms with Crippen molar-refractivity contribution in [2.24, 2.45) is 10.7 Å². The molecule has 1 aromatic carbocycles. The molecule has 2 aromatic rings. The van der Waals surface area contributed by atoms with Gasteiger partial charge >= 0.3 is 0 Å². The quantitative estimate of drug-likeness (QED) is 0.295. The molecule has 5 nitrogen and oxygen atoms in total. The number of hydrogen-bond donors (Lipinski definition) is 2. The summed E-state index contributed by atoms with van der Waals surface area (Å²) in [7, 11) is 0. The molecule has 1 aromatic heterocycles. The summed E-state index contributed by atoms with van der Waals surface area (Å²) in [6.07, 6.45) is 7.04. The van der Waals surface area contributed by atoms with Gasteiger partial charge in [0, 0.05) is 25.5 Å². The molecule has 0 unspecified atom stereocenters. The number of nitrogens with two attached hydrogens (primary N) is 1. The number of aliphatic imine (C=N–C) groups is 1. The Balaban J connectivity index is 0.00000264. The summed E-state index contributed by atoms with van der Waals surface area (Å²) in [5, 5.41) is 3.11. The molecule has 0 aliphatic heterocycles. The van der Waals surface area contributed by atoms with Crippen molar-refractivity contribution in [1.29, 1.82) is 0 Å². The van der Waals surface area contributed by atoms with Crippen LogP contribution in [-0.2, 0) is 19.5 Å². The molecule has 0 saturated heterocycles. The van der Waals surface area contributed by atoms with E-state index in [9.17, 15) is 0 Å². The van der Waals surface area contributed by atoms with Crippen molar-refractivity contribution in [3.63, 3.8) is 0 Å². The van der Waals surface area contributed by atoms with Gasteiger partial charge in [0.05, 0.1) is 0 Å². The largest absolute Gasteiger partial charge is 0.370 e. The van der Waals surface area contributed by atoms with Crippen molar-refractivity contribution in [3.8, 4) is 0 Å². The first-order valence-corrected chi connectivity index (χ1v) is 7.87. The number of guanidine groups is 1. The first kappa shape index (κ1) is 19.5. The number of rotatable bonds is 8. The third-order valence-electron chi connectivity index (χ3n) is 3.51. The van der Waals surface area contributed by atoms with Crippen LogP contribution in [0.4, 0.5) is 0 Å². The molecular weight excluding hydrogens is 401 g/mol. The lowest BCUT2D eigenvalue weighted by atomic mass is 10.1. The molecule has 23 heavy (non-hydrogen) atoms. The van der Waals surface area contributed by atoms with Gasteiger partial charge in [0.2, 0.25) is 0 Å². The number of nitrogens with one attached hydrogen (secondary N) is 1. The Morgan fingerprint density at radius 3 is 2.83 bits per heavy atom. The molecule has 0 atom stereocenters. The summed E-state index contributed by atoms with van der Waals surface area (Å²) in [5.41, 5.74) is 7.17. The predicted molar refractivity (Wildman–Crippen MR) is 106 cm³/mol. The van der Waals surface area contributed by atoms with E-state index in [1.807, 2.05) is 18.5 Å². The number of halogens is 1. The molecule has 0 saturated carbocycles. The number of benzene rings is 1. The zero-order valence-electron chi connectivity index (χ0n) is 13.6. The molecule has 0 aliphatic rings. The van der Waals surface area contributed by atoms with Crippen LogP contribution in [0.25, 0.3) is 0 Å². The van der Waals surface area contributed by atoms with Crippen LogP contribution in [0.2, 0.25) is 0 Å². The van der Waals surface area contributed by atoms with E-state index in [1.54, 1.807) is 0 Å². The summed E-state index contributed by atoms with van der Waals surface area (Å²) in [5.74, 6) is 1.43. The Morgan fingerprint density at radius 1 is 1.30 bits per heavy atom. The first-order chi connectivity index (χ1) is 10.8. The number of aromatic nitrogens is 2. The fraction of sp³-hybridized carbons (Fsp3) is 0.412. The minimum Gasteiger partial charge on any atom is -0.370 e. The van der Waals surface area contributed by atoms with Gasteiger partial charge in [0.15, 0.2) is 5.96 Å². The van der Waals surface area contributed by atoms with Crippen molar-refractivity contribution in [1.82, 2.24) is 14.9 Å². The van der Waals surface area contributed by atoms with Gasteiger partial charge in [-0.25, -0.2) is 9.98 Å². The molecule has 3 N–H and O–H groups in total. The minimum atomic E-state index is 0. The molecule has 1 heterocycles. The van der Waals surface area contributed by atoms with Gasteiger partial charge < -0.3 is 15.6 Å². The normalized spacial score (nSPS) is 11.1. The maximum atomic E-state index is 5.85. The van der Waals surface area contributed by atoms with Gasteiger partial charge in [-0.1, -0.05) is 43.7 Å². The maximum Gasteiger partial charge on any atom is 0.189 e. The van der Waals surface area contributed by atoms with Crippen molar-refractivity contribution < 1.29 is 0 Å². The Kier molecular flexibility index (Phi) is 9.35. The van der Waals surface area contributed by atoms with Crippen LogP contribution < -0.4 is 11.1 Å². The summed E-state index contributed by atoms with van der Waals surface area (Å²) in [4.78, 5) is 8.72. The standard InChI is InChI=1S/C17H25N5.HI/c1-2-3-10-20-17(18)21-14-16-19-11-13-22(16)12-9-15-7-5-4-6-8-15;/h4-8,11,13H,2-3,9-10,12,14H2,1H3,(H3,18,20,21);1H. The molecule has 0 bridgehead atoms. The zero-order chi connectivity index (χ0) is 15.6. The van der Waals surface area contributed by atoms with E-state index < -0.39 is 0 Å². The van der Waals surface area contributed by atoms with Gasteiger partial charge in [0.1, 0.15) is 12.4 Å². The molecule has 0 radical (unpaired) electrons. The molecule has 126 valence electrons. The van der Waals surface area contributed by atoms with Gasteiger partial charge in [-0.15, -0.1) is 24.0 Å². The third kappa shape index (κ3) is 7.02. The number of imidazole rings is 1. The molecule has 0 spiro atoms. The first-order valence-electron chi connectivity index (χ1n) is 7.87. The Hall–Kier alpha value is -1.57. The van der Waals surface area contributed by atoms with Gasteiger partial charge in [-0.2, -0.15) is 0 Å². The van der Waals surface area contributed by atoms with E-state index in [2.05, 4.69) is 51.0 Å². The fourth-order valence-electron chi connectivity index (χ4n) is 2.19. The second-order valence-corrected chi connectivity index (χ2v) is 5.25. The van der Waals surface area contributed by atoms with Crippen LogP contribution in [-0.4, -0.2) is 22.1 Å². The number of nitrogens with zero attached hydrogens (tertiary/aromatic N) is 3. The van der Waals surface area contributed by atoms with E-state index >= 15 is 0 Å². The van der Waals surface area contributed by atoms with Gasteiger partial charge in [-0.05, 0) is 18.4 Å². The maximum absolute atomic E-state index is 5.85. The highest BCUT2D eigenvalue weighted by atomic mass is 127. The summed E-state index contributed by atoms with van der Waals surface area (Å²) < 4.78 is 2.13. The topological polar surface area (TPSA) is 68.2 Å². The van der Waals surface area contributed by atoms with E-state index in [1.165, 1.54) is 5.56 Å². The molecule has 0 aliphatic carbocycles. The number of hydrogen-bond acceptors (Lipinski definition) is 2. The van der Waals surface area contributed by atoms with Gasteiger partial charge in [0.25, 0.3) is 0 Å². The van der Waals surface area contributed by atoms with E-state index in [0.29, 0.717) is 12.5 Å². The van der Waals surface area contributed by atoms with Crippen LogP contribution >= 0.6 is 24.0 Å². The van der Waals surface area contributed by atoms with Crippen LogP contribution in [0, 0.1) is 0 Å². The summed E-state index contributed by atoms with van der Waals surface area (Å²) in [6, 6.07) is 10.5. The average Bonchev–Trinajstić information content (AvgIpc) is 3.00. The number of unbranched alkanes of at least 4 members (excludes halogenated alkanes) is 1. The minimum absolute atomic E-state index is 0. The SMILES string of the molecule is CCCCNC(N)=NCc1nccn1CCc1ccccc1.I. The van der Waals surface area contributed by atoms with Crippen LogP contribution in [0.3, 0.4) is 0 Å². The third-order valence-corrected chi connectivity index (χ3v) is 3.51. The fourth-order valence-corrected chi connectivity index (χ4v) is 2.19. The molecular formula is C17H26IN5. The summed E-state index contributed by atoms with van der Waals surface area (Å²) in [6.45, 7) is 4.43. The van der Waals surface area contributed by atoms with Crippen molar-refractivity contribution in [2.45, 2.75) is 39.3 Å². The van der Waals surface area contributed by atoms with Crippen molar-refractivity contribution >= 4 is 29.9 Å². The van der Waals surface area contributed by atoms with Crippen LogP contribution in [0.5, 0.6) is 0 Å². The lowest BCUT2D eigenvalue weighted by Gasteiger charge is -2.07. The highest BCUT2D eigenvalue weighted by molar-refractivity contribution is 14.0. The molecule has 0 amide bonds. The van der Waals surface area contributed by atoms with Crippen molar-refractivity contribution in [2.75, 3.05) is 6.54 Å². The smallest absolute Gasteiger partial charge is 0.189 e. The lowest BCUT2D eigenvalue weighted by molar-refractivity contribution is 0.650. The second-order valence-electron chi connectivity index (χ2n) is 5.25. The Labute approximate surface area is 155 Å². The van der Waals surface area contributed by atoms with E-state index in [4.69, 9.17) is 5.73 Å². The summed E-state index contributed by atoms with van der Waals surface area (Å²) >= 11 is 0. The van der Waals surface area contributed by atoms with Crippen molar-refractivity contribution in [3.05, 3.63) is 54.1 Å². The highest BCUT2D eigenvalue weighted by Gasteiger charge is 2.02. The Morgan fingerprint density at radius 2 is 2.09 bits per heavy atom. The van der Waals surface area contributed by atoms with E-state index in [0.717, 1.165) is 38.2 Å².